The SMILES string of the molecule is O=c1c2ccccc2nc(Cc2ccccc2Br)n1-c1ccc(C(O)(C(F)(F)F)C(F)(F)F)cc1. The molecule has 0 fully saturated rings. The molecule has 11 heteroatoms. The van der Waals surface area contributed by atoms with Crippen molar-refractivity contribution in [1.82, 2.24) is 9.55 Å². The Hall–Kier alpha value is -3.18. The number of aromatic nitrogens is 2. The van der Waals surface area contributed by atoms with Crippen molar-refractivity contribution >= 4 is 26.8 Å². The Labute approximate surface area is 202 Å². The van der Waals surface area contributed by atoms with Gasteiger partial charge in [-0.1, -0.05) is 58.4 Å². The van der Waals surface area contributed by atoms with Gasteiger partial charge in [-0.3, -0.25) is 9.36 Å². The summed E-state index contributed by atoms with van der Waals surface area (Å²) in [5.41, 5.74) is -5.91. The zero-order valence-electron chi connectivity index (χ0n) is 17.5. The Balaban J connectivity index is 1.90. The fourth-order valence-electron chi connectivity index (χ4n) is 3.72. The maximum absolute atomic E-state index is 13.3. The van der Waals surface area contributed by atoms with Crippen LogP contribution in [0.25, 0.3) is 16.6 Å². The molecule has 0 aliphatic rings. The van der Waals surface area contributed by atoms with Crippen LogP contribution in [0.2, 0.25) is 0 Å². The van der Waals surface area contributed by atoms with E-state index in [1.807, 2.05) is 0 Å². The number of benzene rings is 3. The van der Waals surface area contributed by atoms with E-state index in [-0.39, 0.29) is 23.3 Å². The van der Waals surface area contributed by atoms with Crippen LogP contribution in [0, 0.1) is 0 Å². The van der Waals surface area contributed by atoms with Gasteiger partial charge in [0.1, 0.15) is 5.82 Å². The van der Waals surface area contributed by atoms with Gasteiger partial charge < -0.3 is 5.11 Å². The van der Waals surface area contributed by atoms with Crippen LogP contribution < -0.4 is 5.56 Å². The van der Waals surface area contributed by atoms with Gasteiger partial charge in [-0.25, -0.2) is 4.98 Å². The highest BCUT2D eigenvalue weighted by atomic mass is 79.9. The molecule has 1 N–H and O–H groups in total. The molecule has 1 aromatic heterocycles. The highest BCUT2D eigenvalue weighted by molar-refractivity contribution is 9.10. The van der Waals surface area contributed by atoms with E-state index in [1.165, 1.54) is 6.07 Å². The average molecular weight is 557 g/mol. The van der Waals surface area contributed by atoms with Crippen LogP contribution in [-0.4, -0.2) is 27.0 Å². The Morgan fingerprint density at radius 2 is 1.40 bits per heavy atom. The Kier molecular flexibility index (Phi) is 6.26. The third-order valence-corrected chi connectivity index (χ3v) is 6.29. The van der Waals surface area contributed by atoms with E-state index < -0.39 is 29.1 Å². The number of halogens is 7. The van der Waals surface area contributed by atoms with Gasteiger partial charge in [0.05, 0.1) is 16.6 Å². The summed E-state index contributed by atoms with van der Waals surface area (Å²) in [6.45, 7) is 0. The van der Waals surface area contributed by atoms with Crippen LogP contribution in [0.5, 0.6) is 0 Å². The summed E-state index contributed by atoms with van der Waals surface area (Å²) in [4.78, 5) is 17.9. The van der Waals surface area contributed by atoms with Crippen molar-refractivity contribution in [2.45, 2.75) is 24.4 Å². The fourth-order valence-corrected chi connectivity index (χ4v) is 4.14. The molecule has 182 valence electrons. The molecule has 0 atom stereocenters. The van der Waals surface area contributed by atoms with Gasteiger partial charge in [0, 0.05) is 16.5 Å². The van der Waals surface area contributed by atoms with Crippen molar-refractivity contribution in [3.8, 4) is 5.69 Å². The highest BCUT2D eigenvalue weighted by Gasteiger charge is 2.71. The molecule has 0 amide bonds. The maximum atomic E-state index is 13.3. The lowest BCUT2D eigenvalue weighted by molar-refractivity contribution is -0.376. The number of hydrogen-bond acceptors (Lipinski definition) is 3. The van der Waals surface area contributed by atoms with Gasteiger partial charge in [0.25, 0.3) is 11.2 Å². The molecule has 0 aliphatic carbocycles. The smallest absolute Gasteiger partial charge is 0.369 e. The molecule has 0 bridgehead atoms. The second-order valence-corrected chi connectivity index (χ2v) is 8.56. The van der Waals surface area contributed by atoms with Crippen LogP contribution in [-0.2, 0) is 12.0 Å². The molecule has 0 unspecified atom stereocenters. The van der Waals surface area contributed by atoms with Crippen molar-refractivity contribution < 1.29 is 31.4 Å². The first-order valence-corrected chi connectivity index (χ1v) is 10.8. The van der Waals surface area contributed by atoms with Crippen LogP contribution in [0.15, 0.2) is 82.1 Å². The lowest BCUT2D eigenvalue weighted by Crippen LogP contribution is -2.53. The predicted molar refractivity (Wildman–Crippen MR) is 120 cm³/mol. The first-order chi connectivity index (χ1) is 16.3. The number of alkyl halides is 6. The summed E-state index contributed by atoms with van der Waals surface area (Å²) in [6.07, 6.45) is -11.9. The van der Waals surface area contributed by atoms with Crippen LogP contribution >= 0.6 is 15.9 Å². The second kappa shape index (κ2) is 8.80. The molecule has 4 aromatic rings. The zero-order valence-corrected chi connectivity index (χ0v) is 19.1. The van der Waals surface area contributed by atoms with E-state index in [0.29, 0.717) is 17.6 Å². The Morgan fingerprint density at radius 1 is 0.829 bits per heavy atom. The summed E-state index contributed by atoms with van der Waals surface area (Å²) >= 11 is 3.42. The van der Waals surface area contributed by atoms with Gasteiger partial charge >= 0.3 is 12.4 Å². The van der Waals surface area contributed by atoms with E-state index in [1.54, 1.807) is 42.5 Å². The van der Waals surface area contributed by atoms with Crippen LogP contribution in [0.1, 0.15) is 17.0 Å². The molecule has 4 rings (SSSR count). The lowest BCUT2D eigenvalue weighted by atomic mass is 9.92. The summed E-state index contributed by atoms with van der Waals surface area (Å²) in [5, 5.41) is 9.87. The minimum absolute atomic E-state index is 0.00856. The van der Waals surface area contributed by atoms with Crippen LogP contribution in [0.4, 0.5) is 26.3 Å². The topological polar surface area (TPSA) is 55.1 Å². The number of fused-ring (bicyclic) bond motifs is 1. The Bertz CT molecular complexity index is 1430. The number of aliphatic hydroxyl groups is 1. The molecule has 35 heavy (non-hydrogen) atoms. The van der Waals surface area contributed by atoms with Gasteiger partial charge in [-0.2, -0.15) is 26.3 Å². The first-order valence-electron chi connectivity index (χ1n) is 10.1. The van der Waals surface area contributed by atoms with Gasteiger partial charge in [-0.15, -0.1) is 0 Å². The van der Waals surface area contributed by atoms with Crippen molar-refractivity contribution in [1.29, 1.82) is 0 Å². The van der Waals surface area contributed by atoms with Crippen molar-refractivity contribution in [3.05, 3.63) is 105 Å². The zero-order chi connectivity index (χ0) is 25.6. The second-order valence-electron chi connectivity index (χ2n) is 7.71. The monoisotopic (exact) mass is 556 g/mol. The minimum Gasteiger partial charge on any atom is -0.369 e. The summed E-state index contributed by atoms with van der Waals surface area (Å²) < 4.78 is 81.4. The molecule has 4 nitrogen and oxygen atoms in total. The van der Waals surface area contributed by atoms with E-state index in [4.69, 9.17) is 0 Å². The number of rotatable bonds is 4. The van der Waals surface area contributed by atoms with Gasteiger partial charge in [0.2, 0.25) is 0 Å². The largest absolute Gasteiger partial charge is 0.430 e. The Morgan fingerprint density at radius 3 is 2.00 bits per heavy atom. The highest BCUT2D eigenvalue weighted by Crippen LogP contribution is 2.50. The molecule has 0 saturated carbocycles. The molecule has 0 aliphatic heterocycles. The summed E-state index contributed by atoms with van der Waals surface area (Å²) in [6, 6.07) is 16.4. The van der Waals surface area contributed by atoms with Gasteiger partial charge in [0.15, 0.2) is 0 Å². The van der Waals surface area contributed by atoms with E-state index in [0.717, 1.165) is 26.7 Å². The summed E-state index contributed by atoms with van der Waals surface area (Å²) in [5.74, 6) is 0.218. The molecule has 0 radical (unpaired) electrons. The first kappa shape index (κ1) is 24.9. The molecule has 0 spiro atoms. The molecule has 0 saturated heterocycles. The lowest BCUT2D eigenvalue weighted by Gasteiger charge is -2.32. The van der Waals surface area contributed by atoms with E-state index in [2.05, 4.69) is 20.9 Å². The fraction of sp³-hybridized carbons (Fsp3) is 0.167. The molecular weight excluding hydrogens is 542 g/mol. The average Bonchev–Trinajstić information content (AvgIpc) is 2.79. The standard InChI is InChI=1S/C24H15BrF6N2O2/c25-18-7-3-1-5-14(18)13-20-32-19-8-4-2-6-17(19)21(34)33(20)16-11-9-15(10-12-16)22(35,23(26,27)28)24(29,30)31/h1-12,35H,13H2. The number of hydrogen-bond donors (Lipinski definition) is 1. The number of para-hydroxylation sites is 1. The maximum Gasteiger partial charge on any atom is 0.430 e. The quantitative estimate of drug-likeness (QED) is 0.311. The van der Waals surface area contributed by atoms with E-state index >= 15 is 0 Å². The third-order valence-electron chi connectivity index (χ3n) is 5.52. The molecule has 1 heterocycles. The molecule has 3 aromatic carbocycles. The van der Waals surface area contributed by atoms with Crippen molar-refractivity contribution in [2.75, 3.05) is 0 Å². The molecular formula is C24H15BrF6N2O2. The predicted octanol–water partition coefficient (Wildman–Crippen LogP) is 6.05. The normalized spacial score (nSPS) is 12.8. The van der Waals surface area contributed by atoms with E-state index in [9.17, 15) is 36.2 Å². The van der Waals surface area contributed by atoms with Crippen molar-refractivity contribution in [3.63, 3.8) is 0 Å². The third kappa shape index (κ3) is 4.34. The van der Waals surface area contributed by atoms with Gasteiger partial charge in [-0.05, 0) is 35.9 Å². The number of nitrogens with zero attached hydrogens (tertiary/aromatic N) is 2. The van der Waals surface area contributed by atoms with Crippen molar-refractivity contribution in [2.24, 2.45) is 0 Å². The minimum atomic E-state index is -6.02. The van der Waals surface area contributed by atoms with Crippen LogP contribution in [0.3, 0.4) is 0 Å². The summed E-state index contributed by atoms with van der Waals surface area (Å²) in [7, 11) is 0.